The van der Waals surface area contributed by atoms with Crippen LogP contribution in [-0.2, 0) is 4.79 Å². The zero-order valence-electron chi connectivity index (χ0n) is 17.8. The van der Waals surface area contributed by atoms with Crippen molar-refractivity contribution < 1.29 is 13.9 Å². The lowest BCUT2D eigenvalue weighted by Crippen LogP contribution is -2.28. The first-order valence-corrected chi connectivity index (χ1v) is 11.4. The summed E-state index contributed by atoms with van der Waals surface area (Å²) < 4.78 is 10.8. The molecule has 1 aliphatic rings. The molecule has 0 saturated heterocycles. The summed E-state index contributed by atoms with van der Waals surface area (Å²) in [4.78, 5) is 17.6. The molecule has 1 aliphatic heterocycles. The van der Waals surface area contributed by atoms with E-state index in [2.05, 4.69) is 20.3 Å². The maximum Gasteiger partial charge on any atom is 0.253 e. The number of methoxy groups -OCH3 is 1. The Kier molecular flexibility index (Phi) is 5.95. The number of ether oxygens (including phenoxy) is 1. The SMILES string of the molecule is COc1ccc(C2=NN(C(=O)CSc3n[nH]c(-c4ccccc4)n3)[C@@H](c3ccco3)C2)cc1. The number of carbonyl (C=O) groups is 1. The average Bonchev–Trinajstić information content (AvgIpc) is 3.64. The topological polar surface area (TPSA) is 96.6 Å². The van der Waals surface area contributed by atoms with Crippen LogP contribution in [0.5, 0.6) is 5.75 Å². The predicted molar refractivity (Wildman–Crippen MR) is 125 cm³/mol. The van der Waals surface area contributed by atoms with Gasteiger partial charge in [0.25, 0.3) is 5.91 Å². The molecule has 3 heterocycles. The molecule has 1 amide bonds. The second kappa shape index (κ2) is 9.33. The summed E-state index contributed by atoms with van der Waals surface area (Å²) in [6.45, 7) is 0. The minimum absolute atomic E-state index is 0.143. The van der Waals surface area contributed by atoms with Gasteiger partial charge in [0.2, 0.25) is 5.16 Å². The van der Waals surface area contributed by atoms with Crippen molar-refractivity contribution in [2.45, 2.75) is 17.6 Å². The number of aromatic amines is 1. The third kappa shape index (κ3) is 4.54. The van der Waals surface area contributed by atoms with Crippen LogP contribution in [0.1, 0.15) is 23.8 Å². The van der Waals surface area contributed by atoms with Gasteiger partial charge in [-0.25, -0.2) is 9.99 Å². The average molecular weight is 460 g/mol. The largest absolute Gasteiger partial charge is 0.497 e. The summed E-state index contributed by atoms with van der Waals surface area (Å²) in [6, 6.07) is 20.8. The molecule has 0 aliphatic carbocycles. The van der Waals surface area contributed by atoms with Crippen LogP contribution in [-0.4, -0.2) is 44.7 Å². The van der Waals surface area contributed by atoms with Crippen LogP contribution >= 0.6 is 11.8 Å². The number of carbonyl (C=O) groups excluding carboxylic acids is 1. The first-order chi connectivity index (χ1) is 16.2. The zero-order valence-corrected chi connectivity index (χ0v) is 18.7. The molecule has 0 bridgehead atoms. The highest BCUT2D eigenvalue weighted by Crippen LogP contribution is 2.34. The maximum absolute atomic E-state index is 13.1. The van der Waals surface area contributed by atoms with Gasteiger partial charge in [-0.2, -0.15) is 5.10 Å². The molecule has 33 heavy (non-hydrogen) atoms. The normalized spacial score (nSPS) is 15.5. The highest BCUT2D eigenvalue weighted by molar-refractivity contribution is 7.99. The molecular weight excluding hydrogens is 438 g/mol. The Hall–Kier alpha value is -3.85. The Balaban J connectivity index is 1.32. The number of benzene rings is 2. The molecule has 5 rings (SSSR count). The Morgan fingerprint density at radius 3 is 2.67 bits per heavy atom. The van der Waals surface area contributed by atoms with E-state index in [1.807, 2.05) is 66.7 Å². The van der Waals surface area contributed by atoms with Gasteiger partial charge < -0.3 is 9.15 Å². The fourth-order valence-electron chi connectivity index (χ4n) is 3.63. The van der Waals surface area contributed by atoms with Crippen molar-refractivity contribution in [2.24, 2.45) is 5.10 Å². The van der Waals surface area contributed by atoms with E-state index in [1.54, 1.807) is 13.4 Å². The standard InChI is InChI=1S/C24H21N5O3S/c1-31-18-11-9-16(10-12-18)19-14-20(21-8-5-13-32-21)29(28-19)22(30)15-33-24-25-23(26-27-24)17-6-3-2-4-7-17/h2-13,20H,14-15H2,1H3,(H,25,26,27)/t20-/m1/s1. The molecule has 0 spiro atoms. The lowest BCUT2D eigenvalue weighted by atomic mass is 10.0. The first kappa shape index (κ1) is 21.0. The molecule has 1 atom stereocenters. The minimum atomic E-state index is -0.294. The van der Waals surface area contributed by atoms with Crippen LogP contribution in [0.2, 0.25) is 0 Å². The summed E-state index contributed by atoms with van der Waals surface area (Å²) in [5.74, 6) is 2.15. The first-order valence-electron chi connectivity index (χ1n) is 10.4. The lowest BCUT2D eigenvalue weighted by molar-refractivity contribution is -0.130. The zero-order chi connectivity index (χ0) is 22.6. The van der Waals surface area contributed by atoms with Crippen molar-refractivity contribution in [1.82, 2.24) is 20.2 Å². The summed E-state index contributed by atoms with van der Waals surface area (Å²) in [7, 11) is 1.63. The van der Waals surface area contributed by atoms with Gasteiger partial charge in [-0.1, -0.05) is 42.1 Å². The van der Waals surface area contributed by atoms with E-state index < -0.39 is 0 Å². The fraction of sp³-hybridized carbons (Fsp3) is 0.167. The van der Waals surface area contributed by atoms with Gasteiger partial charge in [0.1, 0.15) is 17.6 Å². The third-order valence-corrected chi connectivity index (χ3v) is 6.13. The van der Waals surface area contributed by atoms with Crippen LogP contribution < -0.4 is 4.74 Å². The van der Waals surface area contributed by atoms with Crippen LogP contribution in [0, 0.1) is 0 Å². The number of nitrogens with zero attached hydrogens (tertiary/aromatic N) is 4. The van der Waals surface area contributed by atoms with Crippen molar-refractivity contribution in [3.8, 4) is 17.1 Å². The Bertz CT molecular complexity index is 1250. The van der Waals surface area contributed by atoms with E-state index in [-0.39, 0.29) is 17.7 Å². The third-order valence-electron chi connectivity index (χ3n) is 5.30. The van der Waals surface area contributed by atoms with Crippen molar-refractivity contribution >= 4 is 23.4 Å². The number of furan rings is 1. The minimum Gasteiger partial charge on any atom is -0.497 e. The van der Waals surface area contributed by atoms with E-state index in [9.17, 15) is 4.79 Å². The van der Waals surface area contributed by atoms with E-state index in [0.29, 0.717) is 23.2 Å². The van der Waals surface area contributed by atoms with Crippen LogP contribution in [0.15, 0.2) is 87.7 Å². The number of nitrogens with one attached hydrogen (secondary N) is 1. The van der Waals surface area contributed by atoms with Crippen LogP contribution in [0.4, 0.5) is 0 Å². The smallest absolute Gasteiger partial charge is 0.253 e. The van der Waals surface area contributed by atoms with Crippen molar-refractivity contribution in [2.75, 3.05) is 12.9 Å². The molecule has 8 nitrogen and oxygen atoms in total. The summed E-state index contributed by atoms with van der Waals surface area (Å²) >= 11 is 1.27. The number of thioether (sulfide) groups is 1. The lowest BCUT2D eigenvalue weighted by Gasteiger charge is -2.19. The number of amides is 1. The number of hydrazone groups is 1. The van der Waals surface area contributed by atoms with E-state index in [1.165, 1.54) is 16.8 Å². The second-order valence-corrected chi connectivity index (χ2v) is 8.31. The number of hydrogen-bond donors (Lipinski definition) is 1. The molecule has 0 fully saturated rings. The van der Waals surface area contributed by atoms with Gasteiger partial charge in [-0.3, -0.25) is 9.89 Å². The van der Waals surface area contributed by atoms with Crippen LogP contribution in [0.25, 0.3) is 11.4 Å². The van der Waals surface area contributed by atoms with Crippen molar-refractivity contribution in [1.29, 1.82) is 0 Å². The molecule has 0 radical (unpaired) electrons. The van der Waals surface area contributed by atoms with E-state index in [0.717, 1.165) is 22.6 Å². The van der Waals surface area contributed by atoms with Gasteiger partial charge >= 0.3 is 0 Å². The van der Waals surface area contributed by atoms with Gasteiger partial charge in [0, 0.05) is 12.0 Å². The Morgan fingerprint density at radius 1 is 1.12 bits per heavy atom. The summed E-state index contributed by atoms with van der Waals surface area (Å²) in [6.07, 6.45) is 2.17. The number of aromatic nitrogens is 3. The molecule has 1 N–H and O–H groups in total. The van der Waals surface area contributed by atoms with E-state index in [4.69, 9.17) is 9.15 Å². The second-order valence-electron chi connectivity index (χ2n) is 7.37. The van der Waals surface area contributed by atoms with Gasteiger partial charge in [-0.05, 0) is 42.0 Å². The van der Waals surface area contributed by atoms with E-state index >= 15 is 0 Å². The monoisotopic (exact) mass is 459 g/mol. The van der Waals surface area contributed by atoms with Crippen molar-refractivity contribution in [3.63, 3.8) is 0 Å². The fourth-order valence-corrected chi connectivity index (χ4v) is 4.28. The quantitative estimate of drug-likeness (QED) is 0.408. The highest BCUT2D eigenvalue weighted by atomic mass is 32.2. The molecule has 2 aromatic carbocycles. The Morgan fingerprint density at radius 2 is 1.94 bits per heavy atom. The molecule has 0 unspecified atom stereocenters. The molecule has 166 valence electrons. The molecule has 0 saturated carbocycles. The van der Waals surface area contributed by atoms with Crippen LogP contribution in [0.3, 0.4) is 0 Å². The van der Waals surface area contributed by atoms with Gasteiger partial charge in [0.05, 0.1) is 24.8 Å². The summed E-state index contributed by atoms with van der Waals surface area (Å²) in [5.41, 5.74) is 2.70. The molecule has 4 aromatic rings. The molecule has 9 heteroatoms. The summed E-state index contributed by atoms with van der Waals surface area (Å²) in [5, 5.41) is 13.8. The number of hydrogen-bond acceptors (Lipinski definition) is 7. The predicted octanol–water partition coefficient (Wildman–Crippen LogP) is 4.54. The highest BCUT2D eigenvalue weighted by Gasteiger charge is 2.34. The number of H-pyrrole nitrogens is 1. The maximum atomic E-state index is 13.1. The molecular formula is C24H21N5O3S. The Labute approximate surface area is 194 Å². The van der Waals surface area contributed by atoms with Crippen molar-refractivity contribution in [3.05, 3.63) is 84.3 Å². The number of rotatable bonds is 7. The molecule has 2 aromatic heterocycles. The van der Waals surface area contributed by atoms with Gasteiger partial charge in [0.15, 0.2) is 5.82 Å². The van der Waals surface area contributed by atoms with Gasteiger partial charge in [-0.15, -0.1) is 5.10 Å².